The van der Waals surface area contributed by atoms with Crippen LogP contribution in [0.25, 0.3) is 0 Å². The van der Waals surface area contributed by atoms with Gasteiger partial charge in [0.1, 0.15) is 0 Å². The SMILES string of the molecule is O=C(OCC(=O)c1ccccc1Cl)c1ccc2c(c1)C(=O)N(c1ccccc1Cl)C2=O. The van der Waals surface area contributed by atoms with Gasteiger partial charge in [0.25, 0.3) is 11.8 Å². The van der Waals surface area contributed by atoms with Gasteiger partial charge in [-0.2, -0.15) is 0 Å². The maximum Gasteiger partial charge on any atom is 0.338 e. The smallest absolute Gasteiger partial charge is 0.338 e. The summed E-state index contributed by atoms with van der Waals surface area (Å²) in [6.07, 6.45) is 0. The molecule has 0 radical (unpaired) electrons. The minimum atomic E-state index is -0.806. The number of carbonyl (C=O) groups excluding carboxylic acids is 4. The maximum atomic E-state index is 12.8. The van der Waals surface area contributed by atoms with Gasteiger partial charge in [-0.1, -0.05) is 47.5 Å². The molecule has 0 aromatic heterocycles. The highest BCUT2D eigenvalue weighted by Crippen LogP contribution is 2.33. The number of esters is 1. The van der Waals surface area contributed by atoms with Gasteiger partial charge in [0.15, 0.2) is 6.61 Å². The molecule has 1 aliphatic rings. The highest BCUT2D eigenvalue weighted by molar-refractivity contribution is 6.40. The van der Waals surface area contributed by atoms with Crippen molar-refractivity contribution >= 4 is 52.5 Å². The second-order valence-corrected chi connectivity index (χ2v) is 7.45. The predicted molar refractivity (Wildman–Crippen MR) is 115 cm³/mol. The number of nitrogens with zero attached hydrogens (tertiary/aromatic N) is 1. The Morgan fingerprint density at radius 2 is 1.45 bits per heavy atom. The zero-order valence-electron chi connectivity index (χ0n) is 15.8. The monoisotopic (exact) mass is 453 g/mol. The molecule has 31 heavy (non-hydrogen) atoms. The van der Waals surface area contributed by atoms with Crippen LogP contribution in [0, 0.1) is 0 Å². The van der Waals surface area contributed by atoms with Crippen LogP contribution in [-0.4, -0.2) is 30.2 Å². The van der Waals surface area contributed by atoms with Crippen molar-refractivity contribution < 1.29 is 23.9 Å². The van der Waals surface area contributed by atoms with E-state index >= 15 is 0 Å². The number of amides is 2. The molecular formula is C23H13Cl2NO5. The van der Waals surface area contributed by atoms with Crippen molar-refractivity contribution in [2.45, 2.75) is 0 Å². The molecule has 8 heteroatoms. The average molecular weight is 454 g/mol. The first-order chi connectivity index (χ1) is 14.9. The van der Waals surface area contributed by atoms with E-state index in [0.717, 1.165) is 4.90 Å². The second-order valence-electron chi connectivity index (χ2n) is 6.64. The van der Waals surface area contributed by atoms with E-state index in [0.29, 0.717) is 0 Å². The molecule has 2 amide bonds. The quantitative estimate of drug-likeness (QED) is 0.313. The van der Waals surface area contributed by atoms with Crippen LogP contribution < -0.4 is 4.90 Å². The first kappa shape index (κ1) is 20.8. The molecule has 1 aliphatic heterocycles. The number of anilines is 1. The molecule has 1 heterocycles. The Balaban J connectivity index is 1.53. The number of para-hydroxylation sites is 1. The zero-order valence-corrected chi connectivity index (χ0v) is 17.3. The molecule has 0 saturated carbocycles. The molecule has 0 unspecified atom stereocenters. The molecule has 0 N–H and O–H groups in total. The van der Waals surface area contributed by atoms with E-state index in [1.807, 2.05) is 0 Å². The number of halogens is 2. The molecule has 154 valence electrons. The van der Waals surface area contributed by atoms with Gasteiger partial charge >= 0.3 is 5.97 Å². The second kappa shape index (κ2) is 8.34. The number of ether oxygens (including phenoxy) is 1. The van der Waals surface area contributed by atoms with Crippen LogP contribution in [0.1, 0.15) is 41.4 Å². The number of benzene rings is 3. The number of hydrogen-bond donors (Lipinski definition) is 0. The van der Waals surface area contributed by atoms with E-state index < -0.39 is 30.2 Å². The Kier molecular flexibility index (Phi) is 5.59. The molecule has 0 aliphatic carbocycles. The van der Waals surface area contributed by atoms with Gasteiger partial charge in [0, 0.05) is 5.56 Å². The minimum Gasteiger partial charge on any atom is -0.454 e. The lowest BCUT2D eigenvalue weighted by molar-refractivity contribution is 0.0474. The summed E-state index contributed by atoms with van der Waals surface area (Å²) < 4.78 is 5.07. The molecule has 0 atom stereocenters. The van der Waals surface area contributed by atoms with Crippen LogP contribution in [0.3, 0.4) is 0 Å². The fourth-order valence-electron chi connectivity index (χ4n) is 3.20. The van der Waals surface area contributed by atoms with Crippen molar-refractivity contribution in [1.82, 2.24) is 0 Å². The number of imide groups is 1. The lowest BCUT2D eigenvalue weighted by Gasteiger charge is -2.15. The summed E-state index contributed by atoms with van der Waals surface area (Å²) in [6, 6.07) is 16.9. The summed E-state index contributed by atoms with van der Waals surface area (Å²) >= 11 is 12.1. The molecule has 0 fully saturated rings. The fraction of sp³-hybridized carbons (Fsp3) is 0.0435. The number of hydrogen-bond acceptors (Lipinski definition) is 5. The molecule has 3 aromatic rings. The van der Waals surface area contributed by atoms with E-state index in [1.54, 1.807) is 42.5 Å². The van der Waals surface area contributed by atoms with E-state index in [4.69, 9.17) is 27.9 Å². The van der Waals surface area contributed by atoms with Crippen molar-refractivity contribution in [3.63, 3.8) is 0 Å². The summed E-state index contributed by atoms with van der Waals surface area (Å²) in [7, 11) is 0. The van der Waals surface area contributed by atoms with Gasteiger partial charge in [0.2, 0.25) is 5.78 Å². The lowest BCUT2D eigenvalue weighted by Crippen LogP contribution is -2.29. The van der Waals surface area contributed by atoms with Crippen molar-refractivity contribution in [2.75, 3.05) is 11.5 Å². The van der Waals surface area contributed by atoms with Crippen molar-refractivity contribution in [1.29, 1.82) is 0 Å². The topological polar surface area (TPSA) is 80.8 Å². The Morgan fingerprint density at radius 1 is 0.806 bits per heavy atom. The van der Waals surface area contributed by atoms with Gasteiger partial charge in [-0.15, -0.1) is 0 Å². The Bertz CT molecular complexity index is 1250. The van der Waals surface area contributed by atoms with Crippen molar-refractivity contribution in [2.24, 2.45) is 0 Å². The van der Waals surface area contributed by atoms with Gasteiger partial charge in [-0.3, -0.25) is 14.4 Å². The number of fused-ring (bicyclic) bond motifs is 1. The van der Waals surface area contributed by atoms with Crippen LogP contribution in [0.5, 0.6) is 0 Å². The summed E-state index contributed by atoms with van der Waals surface area (Å²) in [6.45, 7) is -0.516. The molecule has 0 spiro atoms. The number of rotatable bonds is 5. The lowest BCUT2D eigenvalue weighted by atomic mass is 10.1. The van der Waals surface area contributed by atoms with E-state index in [9.17, 15) is 19.2 Å². The third kappa shape index (κ3) is 3.83. The predicted octanol–water partition coefficient (Wildman–Crippen LogP) is 4.83. The highest BCUT2D eigenvalue weighted by Gasteiger charge is 2.38. The molecular weight excluding hydrogens is 441 g/mol. The summed E-state index contributed by atoms with van der Waals surface area (Å²) in [5.74, 6) is -2.41. The molecule has 0 saturated heterocycles. The van der Waals surface area contributed by atoms with Crippen LogP contribution in [0.4, 0.5) is 5.69 Å². The third-order valence-corrected chi connectivity index (χ3v) is 5.37. The highest BCUT2D eigenvalue weighted by atomic mass is 35.5. The number of carbonyl (C=O) groups is 4. The standard InChI is InChI=1S/C23H13Cl2NO5/c24-17-6-2-1-5-15(17)20(27)12-31-23(30)13-9-10-14-16(11-13)22(29)26(21(14)28)19-8-4-3-7-18(19)25/h1-11H,12H2. The van der Waals surface area contributed by atoms with Crippen molar-refractivity contribution in [3.05, 3.63) is 99.0 Å². The summed E-state index contributed by atoms with van der Waals surface area (Å²) in [5, 5.41) is 0.500. The first-order valence-electron chi connectivity index (χ1n) is 9.10. The van der Waals surface area contributed by atoms with Crippen LogP contribution in [0.15, 0.2) is 66.7 Å². The number of Topliss-reactive ketones (excluding diaryl/α,β-unsaturated/α-hetero) is 1. The van der Waals surface area contributed by atoms with E-state index in [2.05, 4.69) is 0 Å². The molecule has 6 nitrogen and oxygen atoms in total. The van der Waals surface area contributed by atoms with Gasteiger partial charge in [0.05, 0.1) is 32.4 Å². The molecule has 0 bridgehead atoms. The first-order valence-corrected chi connectivity index (χ1v) is 9.86. The third-order valence-electron chi connectivity index (χ3n) is 4.72. The summed E-state index contributed by atoms with van der Waals surface area (Å²) in [4.78, 5) is 51.2. The fourth-order valence-corrected chi connectivity index (χ4v) is 3.66. The van der Waals surface area contributed by atoms with Crippen LogP contribution in [0.2, 0.25) is 10.0 Å². The Morgan fingerprint density at radius 3 is 2.16 bits per heavy atom. The molecule has 4 rings (SSSR count). The number of ketones is 1. The molecule has 3 aromatic carbocycles. The van der Waals surface area contributed by atoms with E-state index in [1.165, 1.54) is 24.3 Å². The summed E-state index contributed by atoms with van der Waals surface area (Å²) in [5.41, 5.74) is 0.727. The zero-order chi connectivity index (χ0) is 22.1. The van der Waals surface area contributed by atoms with Crippen LogP contribution in [-0.2, 0) is 4.74 Å². The average Bonchev–Trinajstić information content (AvgIpc) is 3.02. The minimum absolute atomic E-state index is 0.0351. The Labute approximate surface area is 186 Å². The maximum absolute atomic E-state index is 12.8. The van der Waals surface area contributed by atoms with Gasteiger partial charge in [-0.05, 0) is 42.5 Å². The van der Waals surface area contributed by atoms with Crippen molar-refractivity contribution in [3.8, 4) is 0 Å². The van der Waals surface area contributed by atoms with Gasteiger partial charge in [-0.25, -0.2) is 9.69 Å². The van der Waals surface area contributed by atoms with Gasteiger partial charge < -0.3 is 4.74 Å². The van der Waals surface area contributed by atoms with E-state index in [-0.39, 0.29) is 38.0 Å². The normalized spacial score (nSPS) is 12.6. The van der Waals surface area contributed by atoms with Crippen LogP contribution >= 0.6 is 23.2 Å². The largest absolute Gasteiger partial charge is 0.454 e. The Hall–Kier alpha value is -3.48.